The van der Waals surface area contributed by atoms with Gasteiger partial charge in [0.2, 0.25) is 5.91 Å². The molecule has 1 N–H and O–H groups in total. The number of hydrogen-bond donors (Lipinski definition) is 1. The molecule has 1 aromatic rings. The van der Waals surface area contributed by atoms with Gasteiger partial charge in [0.15, 0.2) is 0 Å². The lowest BCUT2D eigenvalue weighted by Gasteiger charge is -2.34. The van der Waals surface area contributed by atoms with Crippen LogP contribution in [0.25, 0.3) is 0 Å². The molecule has 1 aromatic heterocycles. The molecule has 1 aliphatic carbocycles. The lowest BCUT2D eigenvalue weighted by molar-refractivity contribution is -0.136. The lowest BCUT2D eigenvalue weighted by Crippen LogP contribution is -2.52. The van der Waals surface area contributed by atoms with Crippen LogP contribution in [0.15, 0.2) is 12.4 Å². The molecule has 20 heavy (non-hydrogen) atoms. The Hall–Kier alpha value is -1.36. The first-order valence-electron chi connectivity index (χ1n) is 7.67. The van der Waals surface area contributed by atoms with Gasteiger partial charge in [-0.15, -0.1) is 0 Å². The molecule has 110 valence electrons. The number of nitrogens with zero attached hydrogens (tertiary/aromatic N) is 3. The van der Waals surface area contributed by atoms with Gasteiger partial charge in [0.05, 0.1) is 12.6 Å². The number of carbonyl (C=O) groups excluding carboxylic acids is 1. The summed E-state index contributed by atoms with van der Waals surface area (Å²) < 4.78 is 2.00. The van der Waals surface area contributed by atoms with Crippen LogP contribution in [0.1, 0.15) is 38.4 Å². The Bertz CT molecular complexity index is 480. The van der Waals surface area contributed by atoms with Crippen molar-refractivity contribution in [2.75, 3.05) is 6.54 Å². The number of imidazole rings is 1. The van der Waals surface area contributed by atoms with Crippen molar-refractivity contribution in [3.05, 3.63) is 18.2 Å². The second-order valence-electron chi connectivity index (χ2n) is 6.20. The number of hydrogen-bond acceptors (Lipinski definition) is 3. The molecule has 0 radical (unpaired) electrons. The summed E-state index contributed by atoms with van der Waals surface area (Å²) in [4.78, 5) is 19.3. The summed E-state index contributed by atoms with van der Waals surface area (Å²) in [5.41, 5.74) is 0. The third-order valence-corrected chi connectivity index (χ3v) is 4.54. The van der Waals surface area contributed by atoms with Crippen molar-refractivity contribution in [2.45, 2.75) is 51.2 Å². The van der Waals surface area contributed by atoms with E-state index in [1.54, 1.807) is 6.20 Å². The number of aryl methyl sites for hydroxylation is 1. The quantitative estimate of drug-likeness (QED) is 0.902. The van der Waals surface area contributed by atoms with Crippen molar-refractivity contribution < 1.29 is 4.79 Å². The summed E-state index contributed by atoms with van der Waals surface area (Å²) in [7, 11) is 1.99. The minimum atomic E-state index is -0.00961. The zero-order valence-corrected chi connectivity index (χ0v) is 12.4. The van der Waals surface area contributed by atoms with Crippen LogP contribution in [-0.4, -0.2) is 39.0 Å². The monoisotopic (exact) mass is 276 g/mol. The third kappa shape index (κ3) is 2.73. The SMILES string of the molecule is CC1CCCNC1C(=O)N(Cc1nccn1C)C1CC1. The van der Waals surface area contributed by atoms with Crippen LogP contribution in [0.4, 0.5) is 0 Å². The molecule has 2 fully saturated rings. The Morgan fingerprint density at radius 1 is 1.50 bits per heavy atom. The second-order valence-corrected chi connectivity index (χ2v) is 6.20. The molecule has 0 spiro atoms. The van der Waals surface area contributed by atoms with Crippen LogP contribution in [0.5, 0.6) is 0 Å². The zero-order chi connectivity index (χ0) is 14.1. The van der Waals surface area contributed by atoms with E-state index in [-0.39, 0.29) is 11.9 Å². The van der Waals surface area contributed by atoms with E-state index in [9.17, 15) is 4.79 Å². The van der Waals surface area contributed by atoms with E-state index in [0.717, 1.165) is 31.6 Å². The maximum atomic E-state index is 12.9. The largest absolute Gasteiger partial charge is 0.337 e. The molecule has 3 rings (SSSR count). The van der Waals surface area contributed by atoms with Gasteiger partial charge < -0.3 is 14.8 Å². The number of amides is 1. The Balaban J connectivity index is 1.73. The van der Waals surface area contributed by atoms with Crippen molar-refractivity contribution in [3.63, 3.8) is 0 Å². The molecule has 2 aliphatic rings. The highest BCUT2D eigenvalue weighted by atomic mass is 16.2. The molecule has 1 aliphatic heterocycles. The van der Waals surface area contributed by atoms with Gasteiger partial charge in [-0.25, -0.2) is 4.98 Å². The summed E-state index contributed by atoms with van der Waals surface area (Å²) in [6.07, 6.45) is 8.32. The Morgan fingerprint density at radius 2 is 2.30 bits per heavy atom. The Labute approximate surface area is 120 Å². The molecular weight excluding hydrogens is 252 g/mol. The van der Waals surface area contributed by atoms with Gasteiger partial charge in [0, 0.05) is 25.5 Å². The summed E-state index contributed by atoms with van der Waals surface area (Å²) in [5, 5.41) is 3.41. The van der Waals surface area contributed by atoms with Gasteiger partial charge in [-0.3, -0.25) is 4.79 Å². The standard InChI is InChI=1S/C15H24N4O/c1-11-4-3-7-17-14(11)15(20)19(12-5-6-12)10-13-16-8-9-18(13)2/h8-9,11-12,14,17H,3-7,10H2,1-2H3. The van der Waals surface area contributed by atoms with E-state index < -0.39 is 0 Å². The van der Waals surface area contributed by atoms with Crippen LogP contribution in [0.2, 0.25) is 0 Å². The molecule has 5 heteroatoms. The Morgan fingerprint density at radius 3 is 2.90 bits per heavy atom. The molecule has 5 nitrogen and oxygen atoms in total. The van der Waals surface area contributed by atoms with E-state index in [1.807, 2.05) is 22.7 Å². The van der Waals surface area contributed by atoms with E-state index in [0.29, 0.717) is 18.5 Å². The van der Waals surface area contributed by atoms with Crippen molar-refractivity contribution >= 4 is 5.91 Å². The van der Waals surface area contributed by atoms with Crippen molar-refractivity contribution in [1.29, 1.82) is 0 Å². The molecule has 1 saturated carbocycles. The molecule has 2 heterocycles. The molecule has 1 amide bonds. The molecule has 0 aromatic carbocycles. The normalized spacial score (nSPS) is 26.5. The number of piperidine rings is 1. The molecular formula is C15H24N4O. The predicted octanol–water partition coefficient (Wildman–Crippen LogP) is 1.30. The molecule has 0 bridgehead atoms. The van der Waals surface area contributed by atoms with Gasteiger partial charge in [0.1, 0.15) is 5.82 Å². The maximum absolute atomic E-state index is 12.9. The zero-order valence-electron chi connectivity index (χ0n) is 12.4. The van der Waals surface area contributed by atoms with Crippen LogP contribution in [-0.2, 0) is 18.4 Å². The highest BCUT2D eigenvalue weighted by Gasteiger charge is 2.38. The predicted molar refractivity (Wildman–Crippen MR) is 77.0 cm³/mol. The average Bonchev–Trinajstić information content (AvgIpc) is 3.20. The smallest absolute Gasteiger partial charge is 0.240 e. The van der Waals surface area contributed by atoms with Crippen molar-refractivity contribution in [1.82, 2.24) is 19.8 Å². The summed E-state index contributed by atoms with van der Waals surface area (Å²) in [5.74, 6) is 1.66. The van der Waals surface area contributed by atoms with Crippen LogP contribution in [0, 0.1) is 5.92 Å². The highest BCUT2D eigenvalue weighted by Crippen LogP contribution is 2.30. The van der Waals surface area contributed by atoms with E-state index >= 15 is 0 Å². The summed E-state index contributed by atoms with van der Waals surface area (Å²) >= 11 is 0. The van der Waals surface area contributed by atoms with Crippen LogP contribution in [0.3, 0.4) is 0 Å². The minimum Gasteiger partial charge on any atom is -0.337 e. The summed E-state index contributed by atoms with van der Waals surface area (Å²) in [6.45, 7) is 3.78. The first-order valence-corrected chi connectivity index (χ1v) is 7.67. The first-order chi connectivity index (χ1) is 9.66. The molecule has 2 atom stereocenters. The number of rotatable bonds is 4. The summed E-state index contributed by atoms with van der Waals surface area (Å²) in [6, 6.07) is 0.416. The fraction of sp³-hybridized carbons (Fsp3) is 0.733. The average molecular weight is 276 g/mol. The lowest BCUT2D eigenvalue weighted by atomic mass is 9.91. The number of aromatic nitrogens is 2. The van der Waals surface area contributed by atoms with Gasteiger partial charge >= 0.3 is 0 Å². The van der Waals surface area contributed by atoms with Crippen LogP contribution >= 0.6 is 0 Å². The topological polar surface area (TPSA) is 50.2 Å². The molecule has 2 unspecified atom stereocenters. The fourth-order valence-corrected chi connectivity index (χ4v) is 3.03. The second kappa shape index (κ2) is 5.56. The van der Waals surface area contributed by atoms with Crippen molar-refractivity contribution in [3.8, 4) is 0 Å². The fourth-order valence-electron chi connectivity index (χ4n) is 3.03. The van der Waals surface area contributed by atoms with Gasteiger partial charge in [-0.2, -0.15) is 0 Å². The molecule has 1 saturated heterocycles. The number of carbonyl (C=O) groups is 1. The Kier molecular flexibility index (Phi) is 3.78. The first kappa shape index (κ1) is 13.6. The highest BCUT2D eigenvalue weighted by molar-refractivity contribution is 5.82. The maximum Gasteiger partial charge on any atom is 0.240 e. The van der Waals surface area contributed by atoms with Crippen LogP contribution < -0.4 is 5.32 Å². The minimum absolute atomic E-state index is 0.00961. The third-order valence-electron chi connectivity index (χ3n) is 4.54. The van der Waals surface area contributed by atoms with E-state index in [4.69, 9.17) is 0 Å². The van der Waals surface area contributed by atoms with Crippen molar-refractivity contribution in [2.24, 2.45) is 13.0 Å². The van der Waals surface area contributed by atoms with Gasteiger partial charge in [-0.1, -0.05) is 6.92 Å². The van der Waals surface area contributed by atoms with E-state index in [2.05, 4.69) is 17.2 Å². The van der Waals surface area contributed by atoms with Gasteiger partial charge in [0.25, 0.3) is 0 Å². The number of nitrogens with one attached hydrogen (secondary N) is 1. The van der Waals surface area contributed by atoms with E-state index in [1.165, 1.54) is 6.42 Å². The van der Waals surface area contributed by atoms with Gasteiger partial charge in [-0.05, 0) is 38.1 Å².